The molecule has 0 saturated carbocycles. The molecule has 1 atom stereocenters. The Labute approximate surface area is 94.5 Å². The van der Waals surface area contributed by atoms with Crippen LogP contribution in [0.5, 0.6) is 0 Å². The largest absolute Gasteiger partial charge is 0.388 e. The summed E-state index contributed by atoms with van der Waals surface area (Å²) < 4.78 is 0. The number of rotatable bonds is 1. The van der Waals surface area contributed by atoms with Gasteiger partial charge in [-0.05, 0) is 27.2 Å². The van der Waals surface area contributed by atoms with Gasteiger partial charge in [0.2, 0.25) is 0 Å². The van der Waals surface area contributed by atoms with Gasteiger partial charge < -0.3 is 10.0 Å². The van der Waals surface area contributed by atoms with Crippen LogP contribution in [0.4, 0.5) is 0 Å². The molecule has 1 unspecified atom stereocenters. The Bertz CT molecular complexity index is 403. The Balaban J connectivity index is 2.21. The number of hydrogen-bond acceptors (Lipinski definition) is 3. The minimum absolute atomic E-state index is 0.0403. The van der Waals surface area contributed by atoms with Crippen molar-refractivity contribution in [2.45, 2.75) is 32.8 Å². The van der Waals surface area contributed by atoms with Crippen molar-refractivity contribution in [2.75, 3.05) is 13.1 Å². The molecule has 0 bridgehead atoms. The van der Waals surface area contributed by atoms with Gasteiger partial charge in [-0.1, -0.05) is 0 Å². The highest BCUT2D eigenvalue weighted by Crippen LogP contribution is 2.23. The molecule has 0 aliphatic carbocycles. The fourth-order valence-corrected chi connectivity index (χ4v) is 2.14. The average molecular weight is 223 g/mol. The SMILES string of the molecule is Cc1n[nH]c(C)c1C(=O)N1CCC(C)(O)C1. The van der Waals surface area contributed by atoms with E-state index in [1.165, 1.54) is 0 Å². The van der Waals surface area contributed by atoms with Crippen molar-refractivity contribution in [3.63, 3.8) is 0 Å². The summed E-state index contributed by atoms with van der Waals surface area (Å²) in [4.78, 5) is 13.9. The first-order valence-electron chi connectivity index (χ1n) is 5.44. The summed E-state index contributed by atoms with van der Waals surface area (Å²) in [6.07, 6.45) is 0.634. The molecule has 1 aliphatic heterocycles. The second-order valence-corrected chi connectivity index (χ2v) is 4.78. The van der Waals surface area contributed by atoms with Crippen molar-refractivity contribution in [3.8, 4) is 0 Å². The molecule has 1 aromatic rings. The second-order valence-electron chi connectivity index (χ2n) is 4.78. The van der Waals surface area contributed by atoms with E-state index in [2.05, 4.69) is 10.2 Å². The molecule has 5 heteroatoms. The van der Waals surface area contributed by atoms with Gasteiger partial charge in [-0.2, -0.15) is 5.10 Å². The third-order valence-corrected chi connectivity index (χ3v) is 3.08. The Morgan fingerprint density at radius 3 is 2.69 bits per heavy atom. The van der Waals surface area contributed by atoms with Crippen molar-refractivity contribution in [3.05, 3.63) is 17.0 Å². The van der Waals surface area contributed by atoms with E-state index in [1.807, 2.05) is 13.8 Å². The fraction of sp³-hybridized carbons (Fsp3) is 0.636. The summed E-state index contributed by atoms with van der Waals surface area (Å²) in [6.45, 7) is 6.41. The topological polar surface area (TPSA) is 69.2 Å². The maximum absolute atomic E-state index is 12.2. The number of β-amino-alcohol motifs (C(OH)–C–C–N with tert-alkyl or cyclic N) is 1. The fourth-order valence-electron chi connectivity index (χ4n) is 2.14. The molecule has 16 heavy (non-hydrogen) atoms. The zero-order valence-corrected chi connectivity index (χ0v) is 9.87. The van der Waals surface area contributed by atoms with E-state index in [0.29, 0.717) is 30.8 Å². The van der Waals surface area contributed by atoms with Gasteiger partial charge in [-0.15, -0.1) is 0 Å². The lowest BCUT2D eigenvalue weighted by Gasteiger charge is -2.19. The maximum atomic E-state index is 12.2. The van der Waals surface area contributed by atoms with Gasteiger partial charge in [0.05, 0.1) is 16.9 Å². The summed E-state index contributed by atoms with van der Waals surface area (Å²) in [5.74, 6) is -0.0403. The van der Waals surface area contributed by atoms with Crippen LogP contribution in [0.25, 0.3) is 0 Å². The molecule has 0 radical (unpaired) electrons. The van der Waals surface area contributed by atoms with Gasteiger partial charge in [-0.3, -0.25) is 9.89 Å². The van der Waals surface area contributed by atoms with Crippen LogP contribution in [0.3, 0.4) is 0 Å². The number of aliphatic hydroxyl groups is 1. The van der Waals surface area contributed by atoms with Crippen molar-refractivity contribution in [2.24, 2.45) is 0 Å². The third-order valence-electron chi connectivity index (χ3n) is 3.08. The molecule has 1 aliphatic rings. The van der Waals surface area contributed by atoms with E-state index in [4.69, 9.17) is 0 Å². The van der Waals surface area contributed by atoms with Crippen molar-refractivity contribution in [1.82, 2.24) is 15.1 Å². The molecular formula is C11H17N3O2. The number of hydrogen-bond donors (Lipinski definition) is 2. The van der Waals surface area contributed by atoms with Gasteiger partial charge in [0.25, 0.3) is 5.91 Å². The predicted octanol–water partition coefficient (Wildman–Crippen LogP) is 0.623. The van der Waals surface area contributed by atoms with Gasteiger partial charge in [0, 0.05) is 18.8 Å². The van der Waals surface area contributed by atoms with E-state index in [0.717, 1.165) is 5.69 Å². The van der Waals surface area contributed by atoms with Crippen molar-refractivity contribution < 1.29 is 9.90 Å². The number of amides is 1. The molecule has 2 heterocycles. The number of likely N-dealkylation sites (tertiary alicyclic amines) is 1. The summed E-state index contributed by atoms with van der Waals surface area (Å²) >= 11 is 0. The minimum Gasteiger partial charge on any atom is -0.388 e. The molecular weight excluding hydrogens is 206 g/mol. The lowest BCUT2D eigenvalue weighted by Crippen LogP contribution is -2.34. The van der Waals surface area contributed by atoms with E-state index in [1.54, 1.807) is 11.8 Å². The molecule has 2 N–H and O–H groups in total. The number of nitrogens with zero attached hydrogens (tertiary/aromatic N) is 2. The highest BCUT2D eigenvalue weighted by molar-refractivity contribution is 5.96. The molecule has 5 nitrogen and oxygen atoms in total. The normalized spacial score (nSPS) is 25.1. The van der Waals surface area contributed by atoms with E-state index in [-0.39, 0.29) is 5.91 Å². The van der Waals surface area contributed by atoms with Crippen LogP contribution in [0.1, 0.15) is 35.1 Å². The van der Waals surface area contributed by atoms with Crippen LogP contribution < -0.4 is 0 Å². The number of carbonyl (C=O) groups is 1. The van der Waals surface area contributed by atoms with Gasteiger partial charge in [0.1, 0.15) is 0 Å². The molecule has 1 aromatic heterocycles. The van der Waals surface area contributed by atoms with Gasteiger partial charge in [-0.25, -0.2) is 0 Å². The Morgan fingerprint density at radius 2 is 2.25 bits per heavy atom. The van der Waals surface area contributed by atoms with E-state index < -0.39 is 5.60 Å². The van der Waals surface area contributed by atoms with Crippen LogP contribution in [0.2, 0.25) is 0 Å². The summed E-state index contributed by atoms with van der Waals surface area (Å²) in [5.41, 5.74) is 1.39. The van der Waals surface area contributed by atoms with Crippen LogP contribution in [0, 0.1) is 13.8 Å². The number of carbonyl (C=O) groups excluding carboxylic acids is 1. The molecule has 1 fully saturated rings. The van der Waals surface area contributed by atoms with Crippen LogP contribution in [-0.2, 0) is 0 Å². The molecule has 88 valence electrons. The van der Waals surface area contributed by atoms with Crippen LogP contribution in [0.15, 0.2) is 0 Å². The molecule has 1 saturated heterocycles. The molecule has 1 amide bonds. The zero-order chi connectivity index (χ0) is 11.9. The second kappa shape index (κ2) is 3.59. The lowest BCUT2D eigenvalue weighted by molar-refractivity contribution is 0.0571. The summed E-state index contributed by atoms with van der Waals surface area (Å²) in [7, 11) is 0. The zero-order valence-electron chi connectivity index (χ0n) is 9.87. The monoisotopic (exact) mass is 223 g/mol. The number of aromatic nitrogens is 2. The summed E-state index contributed by atoms with van der Waals surface area (Å²) in [6, 6.07) is 0. The van der Waals surface area contributed by atoms with Crippen molar-refractivity contribution >= 4 is 5.91 Å². The van der Waals surface area contributed by atoms with E-state index in [9.17, 15) is 9.90 Å². The van der Waals surface area contributed by atoms with Crippen molar-refractivity contribution in [1.29, 1.82) is 0 Å². The number of aromatic amines is 1. The number of aryl methyl sites for hydroxylation is 2. The first-order valence-corrected chi connectivity index (χ1v) is 5.44. The molecule has 0 spiro atoms. The molecule has 2 rings (SSSR count). The number of H-pyrrole nitrogens is 1. The average Bonchev–Trinajstić information content (AvgIpc) is 2.70. The Hall–Kier alpha value is -1.36. The van der Waals surface area contributed by atoms with E-state index >= 15 is 0 Å². The van der Waals surface area contributed by atoms with Gasteiger partial charge in [0.15, 0.2) is 0 Å². The summed E-state index contributed by atoms with van der Waals surface area (Å²) in [5, 5.41) is 16.6. The smallest absolute Gasteiger partial charge is 0.257 e. The highest BCUT2D eigenvalue weighted by Gasteiger charge is 2.35. The number of nitrogens with one attached hydrogen (secondary N) is 1. The predicted molar refractivity (Wildman–Crippen MR) is 59.2 cm³/mol. The van der Waals surface area contributed by atoms with Crippen LogP contribution >= 0.6 is 0 Å². The minimum atomic E-state index is -0.749. The van der Waals surface area contributed by atoms with Gasteiger partial charge >= 0.3 is 0 Å². The maximum Gasteiger partial charge on any atom is 0.257 e. The Morgan fingerprint density at radius 1 is 1.56 bits per heavy atom. The first-order chi connectivity index (χ1) is 7.41. The lowest BCUT2D eigenvalue weighted by atomic mass is 10.1. The third kappa shape index (κ3) is 1.82. The standard InChI is InChI=1S/C11H17N3O2/c1-7-9(8(2)13-12-7)10(15)14-5-4-11(3,16)6-14/h16H,4-6H2,1-3H3,(H,12,13). The highest BCUT2D eigenvalue weighted by atomic mass is 16.3. The first kappa shape index (κ1) is 11.1. The van der Waals surface area contributed by atoms with Crippen LogP contribution in [-0.4, -0.2) is 44.8 Å². The Kier molecular flexibility index (Phi) is 2.50. The molecule has 0 aromatic carbocycles. The quantitative estimate of drug-likeness (QED) is 0.733.